The van der Waals surface area contributed by atoms with Crippen molar-refractivity contribution in [1.29, 1.82) is 0 Å². The average molecular weight is 484 g/mol. The molecule has 0 saturated carbocycles. The quantitative estimate of drug-likeness (QED) is 0.295. The lowest BCUT2D eigenvalue weighted by Gasteiger charge is -2.26. The number of benzene rings is 1. The zero-order valence-corrected chi connectivity index (χ0v) is 18.6. The Bertz CT molecular complexity index is 663. The average Bonchev–Trinajstić information content (AvgIpc) is 2.48. The first-order valence-corrected chi connectivity index (χ1v) is 9.61. The Morgan fingerprint density at radius 1 is 1.24 bits per heavy atom. The van der Waals surface area contributed by atoms with Gasteiger partial charge in [-0.05, 0) is 31.9 Å². The molecule has 0 radical (unpaired) electrons. The molecule has 1 aromatic carbocycles. The van der Waals surface area contributed by atoms with Crippen molar-refractivity contribution in [3.8, 4) is 5.75 Å². The van der Waals surface area contributed by atoms with E-state index in [0.29, 0.717) is 19.0 Å². The molecule has 0 bridgehead atoms. The van der Waals surface area contributed by atoms with Crippen LogP contribution in [-0.2, 0) is 16.4 Å². The minimum absolute atomic E-state index is 0. The van der Waals surface area contributed by atoms with E-state index in [-0.39, 0.29) is 24.0 Å². The lowest BCUT2D eigenvalue weighted by molar-refractivity contribution is 0.409. The van der Waals surface area contributed by atoms with Crippen LogP contribution in [0.25, 0.3) is 0 Å². The van der Waals surface area contributed by atoms with Crippen LogP contribution in [0, 0.1) is 0 Å². The maximum Gasteiger partial charge on any atom is 0.209 e. The van der Waals surface area contributed by atoms with Crippen LogP contribution in [0.4, 0.5) is 0 Å². The number of para-hydroxylation sites is 1. The van der Waals surface area contributed by atoms with E-state index in [2.05, 4.69) is 20.3 Å². The van der Waals surface area contributed by atoms with Gasteiger partial charge < -0.3 is 15.4 Å². The van der Waals surface area contributed by atoms with Crippen molar-refractivity contribution >= 4 is 40.0 Å². The minimum Gasteiger partial charge on any atom is -0.496 e. The number of nitrogens with zero attached hydrogens (tertiary/aromatic N) is 1. The Labute approximate surface area is 168 Å². The molecule has 144 valence electrons. The van der Waals surface area contributed by atoms with Crippen molar-refractivity contribution in [3.63, 3.8) is 0 Å². The number of ether oxygens (including phenoxy) is 1. The molecule has 1 rings (SSSR count). The predicted octanol–water partition coefficient (Wildman–Crippen LogP) is 1.35. The highest BCUT2D eigenvalue weighted by Crippen LogP contribution is 2.17. The van der Waals surface area contributed by atoms with Gasteiger partial charge in [-0.1, -0.05) is 18.2 Å². The molecule has 25 heavy (non-hydrogen) atoms. The van der Waals surface area contributed by atoms with Gasteiger partial charge in [0.2, 0.25) is 10.0 Å². The molecule has 0 saturated heterocycles. The number of hydrogen-bond acceptors (Lipinski definition) is 4. The van der Waals surface area contributed by atoms with Crippen molar-refractivity contribution in [1.82, 2.24) is 15.4 Å². The molecule has 0 aliphatic carbocycles. The highest BCUT2D eigenvalue weighted by atomic mass is 127. The van der Waals surface area contributed by atoms with Crippen LogP contribution in [0.3, 0.4) is 0 Å². The lowest BCUT2D eigenvalue weighted by atomic mass is 10.1. The van der Waals surface area contributed by atoms with Crippen molar-refractivity contribution < 1.29 is 13.2 Å². The SMILES string of the molecule is CN=C(NCCc1ccccc1OC)NCC(C)(C)NS(C)(=O)=O.I. The fourth-order valence-corrected chi connectivity index (χ4v) is 3.36. The molecule has 0 aliphatic heterocycles. The van der Waals surface area contributed by atoms with Crippen LogP contribution >= 0.6 is 24.0 Å². The van der Waals surface area contributed by atoms with Crippen LogP contribution < -0.4 is 20.1 Å². The van der Waals surface area contributed by atoms with Crippen LogP contribution in [0.15, 0.2) is 29.3 Å². The first-order valence-electron chi connectivity index (χ1n) is 7.72. The summed E-state index contributed by atoms with van der Waals surface area (Å²) >= 11 is 0. The lowest BCUT2D eigenvalue weighted by Crippen LogP contribution is -2.53. The van der Waals surface area contributed by atoms with E-state index in [4.69, 9.17) is 4.74 Å². The molecule has 7 nitrogen and oxygen atoms in total. The maximum absolute atomic E-state index is 11.4. The Morgan fingerprint density at radius 3 is 2.44 bits per heavy atom. The Morgan fingerprint density at radius 2 is 1.88 bits per heavy atom. The fraction of sp³-hybridized carbons (Fsp3) is 0.562. The Hall–Kier alpha value is -1.07. The third-order valence-corrected chi connectivity index (χ3v) is 4.19. The van der Waals surface area contributed by atoms with E-state index in [0.717, 1.165) is 24.0 Å². The third kappa shape index (κ3) is 9.85. The van der Waals surface area contributed by atoms with Crippen LogP contribution in [-0.4, -0.2) is 53.4 Å². The van der Waals surface area contributed by atoms with Gasteiger partial charge in [0.05, 0.1) is 13.4 Å². The molecule has 0 atom stereocenters. The number of aliphatic imine (C=N–C) groups is 1. The van der Waals surface area contributed by atoms with Gasteiger partial charge in [0.25, 0.3) is 0 Å². The summed E-state index contributed by atoms with van der Waals surface area (Å²) in [5.74, 6) is 1.48. The molecular formula is C16H29IN4O3S. The molecular weight excluding hydrogens is 455 g/mol. The van der Waals surface area contributed by atoms with Crippen molar-refractivity contribution in [2.24, 2.45) is 4.99 Å². The molecule has 9 heteroatoms. The summed E-state index contributed by atoms with van der Waals surface area (Å²) in [4.78, 5) is 4.15. The second-order valence-electron chi connectivity index (χ2n) is 6.17. The van der Waals surface area contributed by atoms with Crippen LogP contribution in [0.2, 0.25) is 0 Å². The van der Waals surface area contributed by atoms with E-state index in [1.54, 1.807) is 14.2 Å². The molecule has 1 aromatic rings. The monoisotopic (exact) mass is 484 g/mol. The minimum atomic E-state index is -3.26. The summed E-state index contributed by atoms with van der Waals surface area (Å²) < 4.78 is 30.6. The van der Waals surface area contributed by atoms with E-state index in [9.17, 15) is 8.42 Å². The van der Waals surface area contributed by atoms with Crippen molar-refractivity contribution in [3.05, 3.63) is 29.8 Å². The molecule has 0 heterocycles. The largest absolute Gasteiger partial charge is 0.496 e. The topological polar surface area (TPSA) is 91.8 Å². The smallest absolute Gasteiger partial charge is 0.209 e. The Balaban J connectivity index is 0.00000576. The molecule has 0 aliphatic rings. The second-order valence-corrected chi connectivity index (χ2v) is 7.92. The summed E-state index contributed by atoms with van der Waals surface area (Å²) in [6.07, 6.45) is 1.94. The number of hydrogen-bond donors (Lipinski definition) is 3. The molecule has 3 N–H and O–H groups in total. The highest BCUT2D eigenvalue weighted by molar-refractivity contribution is 14.0. The van der Waals surface area contributed by atoms with Gasteiger partial charge in [0.15, 0.2) is 5.96 Å². The standard InChI is InChI=1S/C16H28N4O3S.HI/c1-16(2,20-24(5,21)22)12-19-15(17-3)18-11-10-13-8-6-7-9-14(13)23-4;/h6-9,20H,10-12H2,1-5H3,(H2,17,18,19);1H. The summed E-state index contributed by atoms with van der Waals surface area (Å²) in [6, 6.07) is 7.87. The summed E-state index contributed by atoms with van der Waals surface area (Å²) in [5, 5.41) is 6.34. The fourth-order valence-electron chi connectivity index (χ4n) is 2.29. The van der Waals surface area contributed by atoms with E-state index in [1.165, 1.54) is 0 Å². The number of halogens is 1. The van der Waals surface area contributed by atoms with Gasteiger partial charge in [-0.3, -0.25) is 4.99 Å². The van der Waals surface area contributed by atoms with Crippen molar-refractivity contribution in [2.75, 3.05) is 33.5 Å². The molecule has 0 fully saturated rings. The first kappa shape index (κ1) is 23.9. The first-order chi connectivity index (χ1) is 11.2. The highest BCUT2D eigenvalue weighted by Gasteiger charge is 2.22. The zero-order chi connectivity index (χ0) is 18.2. The normalized spacial score (nSPS) is 12.3. The summed E-state index contributed by atoms with van der Waals surface area (Å²) in [7, 11) is 0.0711. The van der Waals surface area contributed by atoms with Gasteiger partial charge in [0.1, 0.15) is 5.75 Å². The molecule has 0 unspecified atom stereocenters. The number of methoxy groups -OCH3 is 1. The summed E-state index contributed by atoms with van der Waals surface area (Å²) in [5.41, 5.74) is 0.496. The van der Waals surface area contributed by atoms with Gasteiger partial charge in [-0.25, -0.2) is 13.1 Å². The van der Waals surface area contributed by atoms with Gasteiger partial charge in [-0.2, -0.15) is 0 Å². The molecule has 0 amide bonds. The molecule has 0 aromatic heterocycles. The number of sulfonamides is 1. The van der Waals surface area contributed by atoms with E-state index < -0.39 is 15.6 Å². The van der Waals surface area contributed by atoms with E-state index >= 15 is 0 Å². The zero-order valence-electron chi connectivity index (χ0n) is 15.4. The molecule has 0 spiro atoms. The van der Waals surface area contributed by atoms with Gasteiger partial charge in [0, 0.05) is 25.7 Å². The maximum atomic E-state index is 11.4. The van der Waals surface area contributed by atoms with E-state index in [1.807, 2.05) is 38.1 Å². The van der Waals surface area contributed by atoms with Crippen LogP contribution in [0.1, 0.15) is 19.4 Å². The number of guanidine groups is 1. The predicted molar refractivity (Wildman–Crippen MR) is 114 cm³/mol. The van der Waals surface area contributed by atoms with Crippen molar-refractivity contribution in [2.45, 2.75) is 25.8 Å². The van der Waals surface area contributed by atoms with Gasteiger partial charge >= 0.3 is 0 Å². The number of rotatable bonds is 8. The van der Waals surface area contributed by atoms with Crippen LogP contribution in [0.5, 0.6) is 5.75 Å². The summed E-state index contributed by atoms with van der Waals surface area (Å²) in [6.45, 7) is 4.71. The number of nitrogens with one attached hydrogen (secondary N) is 3. The third-order valence-electron chi connectivity index (χ3n) is 3.26. The van der Waals surface area contributed by atoms with Gasteiger partial charge in [-0.15, -0.1) is 24.0 Å². The Kier molecular flexibility index (Phi) is 10.4. The second kappa shape index (κ2) is 10.8.